The molecule has 5 aromatic rings. The zero-order valence-electron chi connectivity index (χ0n) is 19.0. The molecule has 0 N–H and O–H groups in total. The molecule has 6 nitrogen and oxygen atoms in total. The minimum absolute atomic E-state index is 0.186. The van der Waals surface area contributed by atoms with Gasteiger partial charge in [-0.3, -0.25) is 4.79 Å². The van der Waals surface area contributed by atoms with E-state index in [9.17, 15) is 13.6 Å². The lowest BCUT2D eigenvalue weighted by molar-refractivity contribution is 0.303. The Bertz CT molecular complexity index is 1530. The maximum atomic E-state index is 13.6. The van der Waals surface area contributed by atoms with Crippen molar-refractivity contribution in [1.29, 1.82) is 0 Å². The van der Waals surface area contributed by atoms with Gasteiger partial charge in [-0.05, 0) is 29.3 Å². The van der Waals surface area contributed by atoms with Crippen molar-refractivity contribution in [1.82, 2.24) is 19.7 Å². The average molecular weight is 482 g/mol. The second kappa shape index (κ2) is 10.3. The molecule has 2 heterocycles. The molecule has 3 aromatic carbocycles. The van der Waals surface area contributed by atoms with E-state index in [0.717, 1.165) is 34.9 Å². The molecule has 178 valence electrons. The summed E-state index contributed by atoms with van der Waals surface area (Å²) in [6.45, 7) is 0.420. The first-order chi connectivity index (χ1) is 17.5. The SMILES string of the molecule is O=c1ccn(-c2cc(F)cc(F)c2)nc1Cc1cccc(-c2ncc(OCc3ccccc3)cn2)c1. The molecule has 0 saturated heterocycles. The van der Waals surface area contributed by atoms with Gasteiger partial charge in [0, 0.05) is 30.3 Å². The molecule has 0 saturated carbocycles. The Morgan fingerprint density at radius 1 is 0.806 bits per heavy atom. The predicted molar refractivity (Wildman–Crippen MR) is 131 cm³/mol. The summed E-state index contributed by atoms with van der Waals surface area (Å²) < 4.78 is 34.3. The maximum absolute atomic E-state index is 13.6. The standard InChI is InChI=1S/C28H20F2N4O2/c29-22-13-23(30)15-24(14-22)34-10-9-27(35)26(33-34)12-20-7-4-8-21(11-20)28-31-16-25(17-32-28)36-18-19-5-2-1-3-6-19/h1-11,13-17H,12,18H2. The van der Waals surface area contributed by atoms with Crippen LogP contribution in [-0.2, 0) is 13.0 Å². The van der Waals surface area contributed by atoms with Crippen LogP contribution < -0.4 is 10.2 Å². The number of halogens is 2. The van der Waals surface area contributed by atoms with E-state index < -0.39 is 11.6 Å². The third kappa shape index (κ3) is 5.50. The van der Waals surface area contributed by atoms with E-state index in [2.05, 4.69) is 15.1 Å². The smallest absolute Gasteiger partial charge is 0.203 e. The fourth-order valence-electron chi connectivity index (χ4n) is 3.68. The molecule has 0 spiro atoms. The minimum atomic E-state index is -0.726. The van der Waals surface area contributed by atoms with Gasteiger partial charge < -0.3 is 4.74 Å². The van der Waals surface area contributed by atoms with Crippen LogP contribution in [0.15, 0.2) is 102 Å². The molecule has 0 atom stereocenters. The van der Waals surface area contributed by atoms with Crippen molar-refractivity contribution in [2.24, 2.45) is 0 Å². The maximum Gasteiger partial charge on any atom is 0.203 e. The van der Waals surface area contributed by atoms with Gasteiger partial charge >= 0.3 is 0 Å². The van der Waals surface area contributed by atoms with E-state index in [4.69, 9.17) is 4.74 Å². The minimum Gasteiger partial charge on any atom is -0.486 e. The van der Waals surface area contributed by atoms with Crippen molar-refractivity contribution < 1.29 is 13.5 Å². The number of rotatable bonds is 7. The van der Waals surface area contributed by atoms with Crippen LogP contribution in [0.5, 0.6) is 5.75 Å². The Hall–Kier alpha value is -4.72. The van der Waals surface area contributed by atoms with Crippen LogP contribution in [-0.4, -0.2) is 19.7 Å². The summed E-state index contributed by atoms with van der Waals surface area (Å²) in [6, 6.07) is 21.7. The molecule has 0 fully saturated rings. The fraction of sp³-hybridized carbons (Fsp3) is 0.0714. The van der Waals surface area contributed by atoms with Crippen LogP contribution in [0.25, 0.3) is 17.1 Å². The number of aromatic nitrogens is 4. The number of nitrogens with zero attached hydrogens (tertiary/aromatic N) is 4. The van der Waals surface area contributed by atoms with Gasteiger partial charge in [-0.1, -0.05) is 48.5 Å². The highest BCUT2D eigenvalue weighted by Gasteiger charge is 2.10. The van der Waals surface area contributed by atoms with E-state index in [1.807, 2.05) is 54.6 Å². The highest BCUT2D eigenvalue weighted by atomic mass is 19.1. The lowest BCUT2D eigenvalue weighted by Gasteiger charge is -2.09. The quantitative estimate of drug-likeness (QED) is 0.321. The highest BCUT2D eigenvalue weighted by Crippen LogP contribution is 2.20. The number of benzene rings is 3. The summed E-state index contributed by atoms with van der Waals surface area (Å²) in [7, 11) is 0. The molecular formula is C28H20F2N4O2. The molecule has 2 aromatic heterocycles. The van der Waals surface area contributed by atoms with Gasteiger partial charge in [0.1, 0.15) is 23.9 Å². The lowest BCUT2D eigenvalue weighted by Crippen LogP contribution is -2.16. The van der Waals surface area contributed by atoms with Crippen LogP contribution in [0.4, 0.5) is 8.78 Å². The van der Waals surface area contributed by atoms with Crippen LogP contribution in [0.2, 0.25) is 0 Å². The number of ether oxygens (including phenoxy) is 1. The molecular weight excluding hydrogens is 462 g/mol. The molecule has 0 radical (unpaired) electrons. The topological polar surface area (TPSA) is 69.9 Å². The highest BCUT2D eigenvalue weighted by molar-refractivity contribution is 5.56. The van der Waals surface area contributed by atoms with Gasteiger partial charge in [0.15, 0.2) is 11.6 Å². The van der Waals surface area contributed by atoms with E-state index in [0.29, 0.717) is 18.2 Å². The normalized spacial score (nSPS) is 10.8. The molecule has 5 rings (SSSR count). The van der Waals surface area contributed by atoms with Gasteiger partial charge in [0.2, 0.25) is 5.43 Å². The predicted octanol–water partition coefficient (Wildman–Crippen LogP) is 5.14. The summed E-state index contributed by atoms with van der Waals surface area (Å²) in [4.78, 5) is 21.3. The largest absolute Gasteiger partial charge is 0.486 e. The van der Waals surface area contributed by atoms with Crippen LogP contribution in [0.1, 0.15) is 16.8 Å². The summed E-state index contributed by atoms with van der Waals surface area (Å²) in [5, 5.41) is 4.30. The molecule has 0 aliphatic rings. The van der Waals surface area contributed by atoms with Crippen LogP contribution in [0, 0.1) is 11.6 Å². The molecule has 0 aliphatic carbocycles. The molecule has 0 aliphatic heterocycles. The first kappa shape index (κ1) is 23.0. The monoisotopic (exact) mass is 482 g/mol. The van der Waals surface area contributed by atoms with Crippen molar-refractivity contribution in [2.75, 3.05) is 0 Å². The van der Waals surface area contributed by atoms with Crippen molar-refractivity contribution in [3.63, 3.8) is 0 Å². The summed E-state index contributed by atoms with van der Waals surface area (Å²) in [5.74, 6) is -0.383. The summed E-state index contributed by atoms with van der Waals surface area (Å²) in [5.41, 5.74) is 2.78. The van der Waals surface area contributed by atoms with Gasteiger partial charge in [-0.2, -0.15) is 5.10 Å². The molecule has 36 heavy (non-hydrogen) atoms. The molecule has 8 heteroatoms. The van der Waals surface area contributed by atoms with Crippen LogP contribution >= 0.6 is 0 Å². The zero-order valence-corrected chi connectivity index (χ0v) is 19.0. The Balaban J connectivity index is 1.33. The summed E-state index contributed by atoms with van der Waals surface area (Å²) >= 11 is 0. The Labute approximate surface area is 205 Å². The van der Waals surface area contributed by atoms with Gasteiger partial charge in [0.05, 0.1) is 18.1 Å². The van der Waals surface area contributed by atoms with E-state index >= 15 is 0 Å². The third-order valence-corrected chi connectivity index (χ3v) is 5.43. The Morgan fingerprint density at radius 2 is 1.53 bits per heavy atom. The van der Waals surface area contributed by atoms with Crippen molar-refractivity contribution in [3.8, 4) is 22.8 Å². The summed E-state index contributed by atoms with van der Waals surface area (Å²) in [6.07, 6.45) is 4.84. The molecule has 0 unspecified atom stereocenters. The third-order valence-electron chi connectivity index (χ3n) is 5.43. The first-order valence-electron chi connectivity index (χ1n) is 11.2. The van der Waals surface area contributed by atoms with Gasteiger partial charge in [-0.15, -0.1) is 0 Å². The number of hydrogen-bond acceptors (Lipinski definition) is 5. The second-order valence-electron chi connectivity index (χ2n) is 8.09. The first-order valence-corrected chi connectivity index (χ1v) is 11.2. The zero-order chi connectivity index (χ0) is 24.9. The Kier molecular flexibility index (Phi) is 6.57. The van der Waals surface area contributed by atoms with Gasteiger partial charge in [-0.25, -0.2) is 23.4 Å². The Morgan fingerprint density at radius 3 is 2.28 bits per heavy atom. The average Bonchev–Trinajstić information content (AvgIpc) is 2.89. The number of hydrogen-bond donors (Lipinski definition) is 0. The van der Waals surface area contributed by atoms with E-state index in [-0.39, 0.29) is 23.2 Å². The van der Waals surface area contributed by atoms with E-state index in [1.54, 1.807) is 12.4 Å². The fourth-order valence-corrected chi connectivity index (χ4v) is 3.68. The van der Waals surface area contributed by atoms with E-state index in [1.165, 1.54) is 16.9 Å². The molecule has 0 bridgehead atoms. The van der Waals surface area contributed by atoms with Gasteiger partial charge in [0.25, 0.3) is 0 Å². The van der Waals surface area contributed by atoms with Crippen molar-refractivity contribution >= 4 is 0 Å². The van der Waals surface area contributed by atoms with Crippen molar-refractivity contribution in [2.45, 2.75) is 13.0 Å². The second-order valence-corrected chi connectivity index (χ2v) is 8.09. The molecule has 0 amide bonds. The van der Waals surface area contributed by atoms with Crippen molar-refractivity contribution in [3.05, 3.63) is 136 Å². The van der Waals surface area contributed by atoms with Crippen LogP contribution in [0.3, 0.4) is 0 Å². The lowest BCUT2D eigenvalue weighted by atomic mass is 10.1.